The lowest BCUT2D eigenvalue weighted by Gasteiger charge is -2.10. The molecule has 0 radical (unpaired) electrons. The van der Waals surface area contributed by atoms with Gasteiger partial charge in [0.25, 0.3) is 10.0 Å². The van der Waals surface area contributed by atoms with Crippen molar-refractivity contribution in [3.8, 4) is 11.8 Å². The highest BCUT2D eigenvalue weighted by Crippen LogP contribution is 2.26. The summed E-state index contributed by atoms with van der Waals surface area (Å²) in [5.74, 6) is -0.125. The normalized spacial score (nSPS) is 10.9. The lowest BCUT2D eigenvalue weighted by molar-refractivity contribution is 0.477. The van der Waals surface area contributed by atoms with Crippen molar-refractivity contribution in [2.75, 3.05) is 4.72 Å². The molecule has 0 aromatic heterocycles. The van der Waals surface area contributed by atoms with Gasteiger partial charge in [0.15, 0.2) is 0 Å². The zero-order valence-electron chi connectivity index (χ0n) is 11.4. The van der Waals surface area contributed by atoms with E-state index < -0.39 is 10.0 Å². The molecule has 2 aromatic carbocycles. The maximum atomic E-state index is 12.2. The number of hydrogen-bond donors (Lipinski definition) is 2. The van der Waals surface area contributed by atoms with Crippen LogP contribution in [-0.4, -0.2) is 13.5 Å². The van der Waals surface area contributed by atoms with E-state index in [1.165, 1.54) is 24.3 Å². The molecule has 5 nitrogen and oxygen atoms in total. The molecule has 0 fully saturated rings. The largest absolute Gasteiger partial charge is 0.506 e. The van der Waals surface area contributed by atoms with Gasteiger partial charge in [0.05, 0.1) is 23.1 Å². The van der Waals surface area contributed by atoms with Gasteiger partial charge < -0.3 is 5.11 Å². The number of phenols is 1. The zero-order chi connectivity index (χ0) is 15.5. The van der Waals surface area contributed by atoms with Crippen molar-refractivity contribution >= 4 is 15.7 Å². The van der Waals surface area contributed by atoms with E-state index in [1.807, 2.05) is 6.07 Å². The van der Waals surface area contributed by atoms with Gasteiger partial charge >= 0.3 is 0 Å². The van der Waals surface area contributed by atoms with Crippen molar-refractivity contribution in [2.45, 2.75) is 18.2 Å². The SMILES string of the molecule is Cc1ccc(NS(=O)(=O)c2ccc(CC#N)cc2)c(O)c1. The molecular formula is C15H14N2O3S. The first-order valence-electron chi connectivity index (χ1n) is 6.21. The third kappa shape index (κ3) is 3.52. The molecular weight excluding hydrogens is 288 g/mol. The van der Waals surface area contributed by atoms with Gasteiger partial charge in [-0.15, -0.1) is 0 Å². The van der Waals surface area contributed by atoms with E-state index in [4.69, 9.17) is 5.26 Å². The highest BCUT2D eigenvalue weighted by molar-refractivity contribution is 7.92. The number of benzene rings is 2. The Hall–Kier alpha value is -2.52. The van der Waals surface area contributed by atoms with Crippen LogP contribution in [0.2, 0.25) is 0 Å². The molecule has 0 bridgehead atoms. The first-order chi connectivity index (χ1) is 9.92. The summed E-state index contributed by atoms with van der Waals surface area (Å²) in [4.78, 5) is 0.0733. The molecule has 0 atom stereocenters. The number of aryl methyl sites for hydroxylation is 1. The van der Waals surface area contributed by atoms with Gasteiger partial charge in [-0.1, -0.05) is 18.2 Å². The molecule has 2 rings (SSSR count). The lowest BCUT2D eigenvalue weighted by Crippen LogP contribution is -2.13. The molecule has 0 aliphatic heterocycles. The Morgan fingerprint density at radius 1 is 1.19 bits per heavy atom. The topological polar surface area (TPSA) is 90.2 Å². The minimum atomic E-state index is -3.77. The molecule has 21 heavy (non-hydrogen) atoms. The third-order valence-corrected chi connectivity index (χ3v) is 4.30. The fourth-order valence-electron chi connectivity index (χ4n) is 1.81. The first-order valence-corrected chi connectivity index (χ1v) is 7.69. The Morgan fingerprint density at radius 2 is 1.86 bits per heavy atom. The second-order valence-corrected chi connectivity index (χ2v) is 6.29. The Labute approximate surface area is 123 Å². The Morgan fingerprint density at radius 3 is 2.43 bits per heavy atom. The molecule has 0 saturated carbocycles. The van der Waals surface area contributed by atoms with Gasteiger partial charge in [-0.25, -0.2) is 8.42 Å². The Bertz CT molecular complexity index is 791. The molecule has 0 heterocycles. The standard InChI is InChI=1S/C15H14N2O3S/c1-11-2-7-14(15(18)10-11)17-21(19,20)13-5-3-12(4-6-13)8-9-16/h2-7,10,17-18H,8H2,1H3. The molecule has 2 aromatic rings. The predicted molar refractivity (Wildman–Crippen MR) is 79.4 cm³/mol. The molecule has 6 heteroatoms. The third-order valence-electron chi connectivity index (χ3n) is 2.91. The molecule has 0 aliphatic rings. The maximum absolute atomic E-state index is 12.2. The summed E-state index contributed by atoms with van der Waals surface area (Å²) in [6, 6.07) is 12.7. The fraction of sp³-hybridized carbons (Fsp3) is 0.133. The minimum absolute atomic E-state index is 0.0733. The van der Waals surface area contributed by atoms with Crippen LogP contribution in [0.1, 0.15) is 11.1 Å². The molecule has 0 spiro atoms. The van der Waals surface area contributed by atoms with Crippen molar-refractivity contribution in [1.29, 1.82) is 5.26 Å². The number of sulfonamides is 1. The number of phenolic OH excluding ortho intramolecular Hbond substituents is 1. The molecule has 0 saturated heterocycles. The van der Waals surface area contributed by atoms with Crippen molar-refractivity contribution in [3.05, 3.63) is 53.6 Å². The second-order valence-electron chi connectivity index (χ2n) is 4.60. The summed E-state index contributed by atoms with van der Waals surface area (Å²) < 4.78 is 26.8. The fourth-order valence-corrected chi connectivity index (χ4v) is 2.88. The smallest absolute Gasteiger partial charge is 0.262 e. The van der Waals surface area contributed by atoms with Crippen LogP contribution >= 0.6 is 0 Å². The van der Waals surface area contributed by atoms with E-state index in [0.717, 1.165) is 11.1 Å². The van der Waals surface area contributed by atoms with Gasteiger partial charge in [0.2, 0.25) is 0 Å². The van der Waals surface area contributed by atoms with Gasteiger partial charge in [-0.2, -0.15) is 5.26 Å². The number of nitriles is 1. The number of rotatable bonds is 4. The summed E-state index contributed by atoms with van der Waals surface area (Å²) in [6.07, 6.45) is 0.229. The number of hydrogen-bond acceptors (Lipinski definition) is 4. The van der Waals surface area contributed by atoms with Crippen LogP contribution < -0.4 is 4.72 Å². The van der Waals surface area contributed by atoms with Crippen molar-refractivity contribution < 1.29 is 13.5 Å². The van der Waals surface area contributed by atoms with E-state index in [1.54, 1.807) is 25.1 Å². The number of nitrogens with one attached hydrogen (secondary N) is 1. The van der Waals surface area contributed by atoms with Crippen LogP contribution in [0.25, 0.3) is 0 Å². The number of anilines is 1. The Balaban J connectivity index is 2.27. The van der Waals surface area contributed by atoms with Crippen LogP contribution in [-0.2, 0) is 16.4 Å². The molecule has 0 unspecified atom stereocenters. The molecule has 2 N–H and O–H groups in total. The maximum Gasteiger partial charge on any atom is 0.262 e. The minimum Gasteiger partial charge on any atom is -0.506 e. The van der Waals surface area contributed by atoms with Gasteiger partial charge in [0.1, 0.15) is 5.75 Å². The highest BCUT2D eigenvalue weighted by Gasteiger charge is 2.15. The van der Waals surface area contributed by atoms with Crippen LogP contribution in [0.5, 0.6) is 5.75 Å². The monoisotopic (exact) mass is 302 g/mol. The summed E-state index contributed by atoms with van der Waals surface area (Å²) in [7, 11) is -3.77. The summed E-state index contributed by atoms with van der Waals surface area (Å²) in [6.45, 7) is 1.80. The predicted octanol–water partition coefficient (Wildman–Crippen LogP) is 2.57. The zero-order valence-corrected chi connectivity index (χ0v) is 12.2. The van der Waals surface area contributed by atoms with Crippen molar-refractivity contribution in [3.63, 3.8) is 0 Å². The Kier molecular flexibility index (Phi) is 4.15. The summed E-state index contributed by atoms with van der Waals surface area (Å²) in [5.41, 5.74) is 1.70. The summed E-state index contributed by atoms with van der Waals surface area (Å²) >= 11 is 0. The second kappa shape index (κ2) is 5.85. The van der Waals surface area contributed by atoms with E-state index in [-0.39, 0.29) is 22.8 Å². The quantitative estimate of drug-likeness (QED) is 0.849. The number of aromatic hydroxyl groups is 1. The van der Waals surface area contributed by atoms with Crippen LogP contribution in [0.4, 0.5) is 5.69 Å². The van der Waals surface area contributed by atoms with E-state index in [0.29, 0.717) is 0 Å². The van der Waals surface area contributed by atoms with Gasteiger partial charge in [-0.3, -0.25) is 4.72 Å². The van der Waals surface area contributed by atoms with Gasteiger partial charge in [-0.05, 0) is 42.3 Å². The molecule has 108 valence electrons. The average Bonchev–Trinajstić information content (AvgIpc) is 2.43. The van der Waals surface area contributed by atoms with E-state index in [2.05, 4.69) is 4.72 Å². The van der Waals surface area contributed by atoms with Crippen LogP contribution in [0, 0.1) is 18.3 Å². The molecule has 0 amide bonds. The first kappa shape index (κ1) is 14.9. The summed E-state index contributed by atoms with van der Waals surface area (Å²) in [5, 5.41) is 18.3. The molecule has 0 aliphatic carbocycles. The van der Waals surface area contributed by atoms with E-state index >= 15 is 0 Å². The van der Waals surface area contributed by atoms with Crippen molar-refractivity contribution in [2.24, 2.45) is 0 Å². The average molecular weight is 302 g/mol. The van der Waals surface area contributed by atoms with Gasteiger partial charge in [0, 0.05) is 0 Å². The van der Waals surface area contributed by atoms with Crippen LogP contribution in [0.3, 0.4) is 0 Å². The van der Waals surface area contributed by atoms with E-state index in [9.17, 15) is 13.5 Å². The highest BCUT2D eigenvalue weighted by atomic mass is 32.2. The number of nitrogens with zero attached hydrogens (tertiary/aromatic N) is 1. The lowest BCUT2D eigenvalue weighted by atomic mass is 10.2. The van der Waals surface area contributed by atoms with Crippen molar-refractivity contribution in [1.82, 2.24) is 0 Å². The van der Waals surface area contributed by atoms with Crippen LogP contribution in [0.15, 0.2) is 47.4 Å².